The van der Waals surface area contributed by atoms with E-state index in [1.807, 2.05) is 19.3 Å². The molecule has 3 heteroatoms. The maximum atomic E-state index is 10.2. The monoisotopic (exact) mass is 206 g/mol. The second-order valence-corrected chi connectivity index (χ2v) is 5.05. The molecule has 3 rings (SSSR count). The summed E-state index contributed by atoms with van der Waals surface area (Å²) in [6.07, 6.45) is 6.93. The fourth-order valence-corrected chi connectivity index (χ4v) is 3.30. The standard InChI is InChI=1S/C12H18N2O/c1-14-7-6-10(13-14)12(15)11-8-4-2-3-5-9(8)11/h6-9,11-12,15H,2-5H2,1H3. The van der Waals surface area contributed by atoms with Gasteiger partial charge in [-0.2, -0.15) is 5.10 Å². The van der Waals surface area contributed by atoms with E-state index in [0.29, 0.717) is 5.92 Å². The van der Waals surface area contributed by atoms with E-state index in [0.717, 1.165) is 17.5 Å². The fraction of sp³-hybridized carbons (Fsp3) is 0.750. The van der Waals surface area contributed by atoms with Crippen LogP contribution >= 0.6 is 0 Å². The molecular weight excluding hydrogens is 188 g/mol. The van der Waals surface area contributed by atoms with Gasteiger partial charge in [0.1, 0.15) is 6.10 Å². The van der Waals surface area contributed by atoms with Gasteiger partial charge in [-0.25, -0.2) is 0 Å². The van der Waals surface area contributed by atoms with Crippen LogP contribution < -0.4 is 0 Å². The van der Waals surface area contributed by atoms with E-state index in [9.17, 15) is 5.11 Å². The molecule has 2 aliphatic rings. The zero-order chi connectivity index (χ0) is 10.4. The van der Waals surface area contributed by atoms with E-state index in [2.05, 4.69) is 5.10 Å². The number of aryl methyl sites for hydroxylation is 1. The van der Waals surface area contributed by atoms with Gasteiger partial charge in [0.2, 0.25) is 0 Å². The summed E-state index contributed by atoms with van der Waals surface area (Å²) in [5.74, 6) is 2.08. The normalized spacial score (nSPS) is 36.0. The van der Waals surface area contributed by atoms with Crippen molar-refractivity contribution in [1.29, 1.82) is 0 Å². The SMILES string of the molecule is Cn1ccc(C(O)C2C3CCCCC32)n1. The fourth-order valence-electron chi connectivity index (χ4n) is 3.30. The third-order valence-electron chi connectivity index (χ3n) is 4.12. The minimum Gasteiger partial charge on any atom is -0.386 e. The van der Waals surface area contributed by atoms with E-state index >= 15 is 0 Å². The molecule has 1 aromatic rings. The molecular formula is C12H18N2O. The number of aliphatic hydroxyl groups is 1. The van der Waals surface area contributed by atoms with Gasteiger partial charge in [0.25, 0.3) is 0 Å². The lowest BCUT2D eigenvalue weighted by molar-refractivity contribution is 0.137. The van der Waals surface area contributed by atoms with Crippen LogP contribution in [0.5, 0.6) is 0 Å². The first-order chi connectivity index (χ1) is 7.27. The van der Waals surface area contributed by atoms with Gasteiger partial charge in [-0.3, -0.25) is 4.68 Å². The summed E-state index contributed by atoms with van der Waals surface area (Å²) in [5.41, 5.74) is 0.858. The highest BCUT2D eigenvalue weighted by molar-refractivity contribution is 5.12. The molecule has 0 aromatic carbocycles. The highest BCUT2D eigenvalue weighted by atomic mass is 16.3. The number of hydrogen-bond acceptors (Lipinski definition) is 2. The summed E-state index contributed by atoms with van der Waals surface area (Å²) in [6.45, 7) is 0. The zero-order valence-electron chi connectivity index (χ0n) is 9.13. The molecule has 0 saturated heterocycles. The van der Waals surface area contributed by atoms with Gasteiger partial charge in [-0.05, 0) is 36.7 Å². The minimum absolute atomic E-state index is 0.320. The number of aliphatic hydroxyl groups excluding tert-OH is 1. The first-order valence-corrected chi connectivity index (χ1v) is 5.95. The molecule has 0 amide bonds. The number of aromatic nitrogens is 2. The Morgan fingerprint density at radius 3 is 2.60 bits per heavy atom. The Kier molecular flexibility index (Phi) is 2.09. The lowest BCUT2D eigenvalue weighted by Crippen LogP contribution is -2.04. The molecule has 1 aromatic heterocycles. The average molecular weight is 206 g/mol. The van der Waals surface area contributed by atoms with Gasteiger partial charge >= 0.3 is 0 Å². The highest BCUT2D eigenvalue weighted by Gasteiger charge is 2.54. The molecule has 0 spiro atoms. The van der Waals surface area contributed by atoms with Crippen molar-refractivity contribution < 1.29 is 5.11 Å². The smallest absolute Gasteiger partial charge is 0.101 e. The van der Waals surface area contributed by atoms with Gasteiger partial charge < -0.3 is 5.11 Å². The molecule has 3 nitrogen and oxygen atoms in total. The molecule has 0 radical (unpaired) electrons. The molecule has 2 fully saturated rings. The van der Waals surface area contributed by atoms with Crippen molar-refractivity contribution >= 4 is 0 Å². The Morgan fingerprint density at radius 2 is 2.07 bits per heavy atom. The number of hydrogen-bond donors (Lipinski definition) is 1. The predicted octanol–water partition coefficient (Wildman–Crippen LogP) is 1.89. The van der Waals surface area contributed by atoms with Crippen LogP contribution in [-0.2, 0) is 7.05 Å². The van der Waals surface area contributed by atoms with E-state index in [-0.39, 0.29) is 6.10 Å². The molecule has 82 valence electrons. The van der Waals surface area contributed by atoms with Gasteiger partial charge in [-0.1, -0.05) is 12.8 Å². The van der Waals surface area contributed by atoms with E-state index in [1.165, 1.54) is 25.7 Å². The van der Waals surface area contributed by atoms with Gasteiger partial charge in [-0.15, -0.1) is 0 Å². The third-order valence-corrected chi connectivity index (χ3v) is 4.12. The molecule has 3 atom stereocenters. The molecule has 1 heterocycles. The van der Waals surface area contributed by atoms with Crippen LogP contribution in [0.4, 0.5) is 0 Å². The van der Waals surface area contributed by atoms with Gasteiger partial charge in [0.15, 0.2) is 0 Å². The molecule has 2 aliphatic carbocycles. The largest absolute Gasteiger partial charge is 0.386 e. The maximum Gasteiger partial charge on any atom is 0.101 e. The average Bonchev–Trinajstić information content (AvgIpc) is 2.82. The Hall–Kier alpha value is -0.830. The topological polar surface area (TPSA) is 38.0 Å². The summed E-state index contributed by atoms with van der Waals surface area (Å²) in [7, 11) is 1.90. The second kappa shape index (κ2) is 3.34. The van der Waals surface area contributed by atoms with Crippen molar-refractivity contribution in [2.75, 3.05) is 0 Å². The molecule has 3 unspecified atom stereocenters. The summed E-state index contributed by atoms with van der Waals surface area (Å²) >= 11 is 0. The Bertz CT molecular complexity index is 348. The van der Waals surface area contributed by atoms with Crippen molar-refractivity contribution in [3.8, 4) is 0 Å². The van der Waals surface area contributed by atoms with E-state index in [4.69, 9.17) is 0 Å². The Balaban J connectivity index is 1.73. The number of nitrogens with zero attached hydrogens (tertiary/aromatic N) is 2. The predicted molar refractivity (Wildman–Crippen MR) is 57.1 cm³/mol. The Labute approximate surface area is 90.1 Å². The zero-order valence-corrected chi connectivity index (χ0v) is 9.13. The van der Waals surface area contributed by atoms with Gasteiger partial charge in [0, 0.05) is 13.2 Å². The summed E-state index contributed by atoms with van der Waals surface area (Å²) in [4.78, 5) is 0. The van der Waals surface area contributed by atoms with Crippen LogP contribution in [0.15, 0.2) is 12.3 Å². The molecule has 2 saturated carbocycles. The van der Waals surface area contributed by atoms with Crippen molar-refractivity contribution in [1.82, 2.24) is 9.78 Å². The van der Waals surface area contributed by atoms with Crippen molar-refractivity contribution in [3.63, 3.8) is 0 Å². The van der Waals surface area contributed by atoms with Crippen molar-refractivity contribution in [2.45, 2.75) is 31.8 Å². The van der Waals surface area contributed by atoms with E-state index < -0.39 is 0 Å². The molecule has 0 bridgehead atoms. The number of fused-ring (bicyclic) bond motifs is 1. The highest BCUT2D eigenvalue weighted by Crippen LogP contribution is 2.60. The van der Waals surface area contributed by atoms with E-state index in [1.54, 1.807) is 4.68 Å². The summed E-state index contributed by atoms with van der Waals surface area (Å²) < 4.78 is 1.77. The molecule has 1 N–H and O–H groups in total. The van der Waals surface area contributed by atoms with Crippen LogP contribution in [0, 0.1) is 17.8 Å². The summed E-state index contributed by atoms with van der Waals surface area (Å²) in [5, 5.41) is 14.5. The second-order valence-electron chi connectivity index (χ2n) is 5.05. The maximum absolute atomic E-state index is 10.2. The van der Waals surface area contributed by atoms with Crippen LogP contribution in [0.25, 0.3) is 0 Å². The van der Waals surface area contributed by atoms with Crippen molar-refractivity contribution in [3.05, 3.63) is 18.0 Å². The minimum atomic E-state index is -0.320. The number of rotatable bonds is 2. The lowest BCUT2D eigenvalue weighted by atomic mass is 10.0. The van der Waals surface area contributed by atoms with Crippen LogP contribution in [0.2, 0.25) is 0 Å². The lowest BCUT2D eigenvalue weighted by Gasteiger charge is -2.06. The van der Waals surface area contributed by atoms with Crippen LogP contribution in [0.3, 0.4) is 0 Å². The summed E-state index contributed by atoms with van der Waals surface area (Å²) in [6, 6.07) is 1.94. The first-order valence-electron chi connectivity index (χ1n) is 5.95. The third kappa shape index (κ3) is 1.49. The van der Waals surface area contributed by atoms with Gasteiger partial charge in [0.05, 0.1) is 5.69 Å². The van der Waals surface area contributed by atoms with Crippen molar-refractivity contribution in [2.24, 2.45) is 24.8 Å². The van der Waals surface area contributed by atoms with Crippen LogP contribution in [-0.4, -0.2) is 14.9 Å². The molecule has 15 heavy (non-hydrogen) atoms. The Morgan fingerprint density at radius 1 is 1.40 bits per heavy atom. The molecule has 0 aliphatic heterocycles. The first kappa shape index (κ1) is 9.40. The van der Waals surface area contributed by atoms with Crippen LogP contribution in [0.1, 0.15) is 37.5 Å². The quantitative estimate of drug-likeness (QED) is 0.802.